The number of amides is 3. The van der Waals surface area contributed by atoms with E-state index in [2.05, 4.69) is 4.98 Å². The molecule has 2 aromatic carbocycles. The van der Waals surface area contributed by atoms with Gasteiger partial charge in [-0.15, -0.1) is 0 Å². The van der Waals surface area contributed by atoms with Crippen LogP contribution in [0.3, 0.4) is 0 Å². The van der Waals surface area contributed by atoms with E-state index < -0.39 is 40.6 Å². The molecule has 2 unspecified atom stereocenters. The number of H-pyrrole nitrogens is 1. The number of nitrogens with one attached hydrogen (secondary N) is 1. The second-order valence-corrected chi connectivity index (χ2v) is 12.4. The van der Waals surface area contributed by atoms with Gasteiger partial charge in [0.25, 0.3) is 5.91 Å². The Labute approximate surface area is 257 Å². The van der Waals surface area contributed by atoms with Gasteiger partial charge in [0, 0.05) is 23.9 Å². The van der Waals surface area contributed by atoms with Gasteiger partial charge in [0.2, 0.25) is 11.8 Å². The molecule has 0 aliphatic carbocycles. The Morgan fingerprint density at radius 3 is 2.55 bits per heavy atom. The number of aromatic nitrogens is 1. The number of carbonyl (C=O) groups excluding carboxylic acids is 3. The lowest BCUT2D eigenvalue weighted by Gasteiger charge is -2.30. The van der Waals surface area contributed by atoms with Crippen molar-refractivity contribution in [3.8, 4) is 11.5 Å². The van der Waals surface area contributed by atoms with Crippen molar-refractivity contribution in [2.24, 2.45) is 5.92 Å². The highest BCUT2D eigenvalue weighted by molar-refractivity contribution is 8.00. The van der Waals surface area contributed by atoms with Crippen molar-refractivity contribution in [3.05, 3.63) is 68.1 Å². The SMILES string of the molecule is CCOc1cc([C@H]2c3sc(=O)[nH]c3SC3C(=O)N(c4cccc(C(F)(F)F)c4)C(=O)C32)ccc1OCC(=O)N1CCOCC1. The molecular weight excluding hydrogens is 623 g/mol. The maximum absolute atomic E-state index is 13.9. The summed E-state index contributed by atoms with van der Waals surface area (Å²) >= 11 is 1.93. The van der Waals surface area contributed by atoms with Gasteiger partial charge in [-0.1, -0.05) is 35.2 Å². The molecule has 0 radical (unpaired) electrons. The largest absolute Gasteiger partial charge is 0.490 e. The normalized spacial score (nSPS) is 21.7. The van der Waals surface area contributed by atoms with Crippen LogP contribution in [-0.4, -0.2) is 72.4 Å². The maximum Gasteiger partial charge on any atom is 0.416 e. The van der Waals surface area contributed by atoms with Crippen molar-refractivity contribution < 1.29 is 41.8 Å². The van der Waals surface area contributed by atoms with Crippen LogP contribution in [0.5, 0.6) is 11.5 Å². The number of aromatic amines is 1. The number of thioether (sulfide) groups is 1. The highest BCUT2D eigenvalue weighted by Crippen LogP contribution is 2.54. The Kier molecular flexibility index (Phi) is 8.20. The number of morpholine rings is 1. The quantitative estimate of drug-likeness (QED) is 0.384. The number of fused-ring (bicyclic) bond motifs is 2. The highest BCUT2D eigenvalue weighted by Gasteiger charge is 2.56. The molecule has 1 aromatic heterocycles. The van der Waals surface area contributed by atoms with Crippen LogP contribution in [-0.2, 0) is 25.3 Å². The lowest BCUT2D eigenvalue weighted by Crippen LogP contribution is -2.43. The predicted molar refractivity (Wildman–Crippen MR) is 154 cm³/mol. The number of ether oxygens (including phenoxy) is 3. The van der Waals surface area contributed by atoms with Crippen molar-refractivity contribution >= 4 is 46.5 Å². The molecule has 15 heteroatoms. The predicted octanol–water partition coefficient (Wildman–Crippen LogP) is 3.89. The van der Waals surface area contributed by atoms with Gasteiger partial charge >= 0.3 is 11.0 Å². The molecule has 10 nitrogen and oxygen atoms in total. The number of halogens is 3. The molecule has 2 saturated heterocycles. The van der Waals surface area contributed by atoms with Crippen molar-refractivity contribution in [1.29, 1.82) is 0 Å². The lowest BCUT2D eigenvalue weighted by molar-refractivity contribution is -0.138. The summed E-state index contributed by atoms with van der Waals surface area (Å²) in [5, 5.41) is -0.565. The fraction of sp³-hybridized carbons (Fsp3) is 0.379. The van der Waals surface area contributed by atoms with Crippen LogP contribution in [0.4, 0.5) is 18.9 Å². The van der Waals surface area contributed by atoms with E-state index in [0.717, 1.165) is 46.2 Å². The van der Waals surface area contributed by atoms with Crippen LogP contribution in [0.2, 0.25) is 0 Å². The number of benzene rings is 2. The number of imide groups is 1. The molecule has 44 heavy (non-hydrogen) atoms. The van der Waals surface area contributed by atoms with Crippen molar-refractivity contribution in [2.45, 2.75) is 29.3 Å². The second-order valence-electron chi connectivity index (χ2n) is 10.2. The molecule has 0 bridgehead atoms. The van der Waals surface area contributed by atoms with Crippen molar-refractivity contribution in [3.63, 3.8) is 0 Å². The van der Waals surface area contributed by atoms with Gasteiger partial charge in [-0.3, -0.25) is 19.2 Å². The summed E-state index contributed by atoms with van der Waals surface area (Å²) in [5.74, 6) is -2.75. The number of carbonyl (C=O) groups is 3. The first kappa shape index (κ1) is 30.2. The molecule has 3 amide bonds. The van der Waals surface area contributed by atoms with Crippen LogP contribution >= 0.6 is 23.1 Å². The number of hydrogen-bond donors (Lipinski definition) is 1. The molecule has 4 heterocycles. The molecular formula is C29H26F3N3O7S2. The molecule has 232 valence electrons. The van der Waals surface area contributed by atoms with Crippen LogP contribution in [0.15, 0.2) is 52.3 Å². The number of anilines is 1. The maximum atomic E-state index is 13.9. The molecule has 6 rings (SSSR count). The number of rotatable bonds is 7. The van der Waals surface area contributed by atoms with E-state index in [-0.39, 0.29) is 29.7 Å². The summed E-state index contributed by atoms with van der Waals surface area (Å²) < 4.78 is 57.3. The smallest absolute Gasteiger partial charge is 0.416 e. The van der Waals surface area contributed by atoms with Gasteiger partial charge in [-0.2, -0.15) is 13.2 Å². The average Bonchev–Trinajstić information content (AvgIpc) is 3.50. The molecule has 3 aliphatic rings. The number of alkyl halides is 3. The average molecular weight is 650 g/mol. The van der Waals surface area contributed by atoms with E-state index in [1.165, 1.54) is 6.07 Å². The van der Waals surface area contributed by atoms with Gasteiger partial charge in [0.05, 0.1) is 42.0 Å². The summed E-state index contributed by atoms with van der Waals surface area (Å²) in [5.41, 5.74) is -0.620. The van der Waals surface area contributed by atoms with E-state index >= 15 is 0 Å². The third-order valence-electron chi connectivity index (χ3n) is 7.60. The first-order valence-electron chi connectivity index (χ1n) is 13.8. The van der Waals surface area contributed by atoms with Crippen LogP contribution < -0.4 is 19.2 Å². The summed E-state index contributed by atoms with van der Waals surface area (Å²) in [7, 11) is 0. The van der Waals surface area contributed by atoms with Crippen molar-refractivity contribution in [2.75, 3.05) is 44.4 Å². The van der Waals surface area contributed by atoms with Gasteiger partial charge in [0.15, 0.2) is 18.1 Å². The van der Waals surface area contributed by atoms with Crippen LogP contribution in [0, 0.1) is 5.92 Å². The molecule has 3 atom stereocenters. The zero-order valence-corrected chi connectivity index (χ0v) is 24.9. The number of nitrogens with zero attached hydrogens (tertiary/aromatic N) is 2. The van der Waals surface area contributed by atoms with Gasteiger partial charge in [0.1, 0.15) is 5.25 Å². The third kappa shape index (κ3) is 5.59. The topological polar surface area (TPSA) is 118 Å². The Morgan fingerprint density at radius 2 is 1.82 bits per heavy atom. The summed E-state index contributed by atoms with van der Waals surface area (Å²) in [6, 6.07) is 9.01. The zero-order valence-electron chi connectivity index (χ0n) is 23.2. The minimum absolute atomic E-state index is 0.177. The molecule has 0 saturated carbocycles. The monoisotopic (exact) mass is 649 g/mol. The fourth-order valence-corrected chi connectivity index (χ4v) is 8.12. The first-order chi connectivity index (χ1) is 21.1. The highest BCUT2D eigenvalue weighted by atomic mass is 32.2. The first-order valence-corrected chi connectivity index (χ1v) is 15.5. The van der Waals surface area contributed by atoms with E-state index in [1.54, 1.807) is 30.0 Å². The van der Waals surface area contributed by atoms with Gasteiger partial charge in [-0.25, -0.2) is 4.90 Å². The van der Waals surface area contributed by atoms with E-state index in [9.17, 15) is 32.3 Å². The van der Waals surface area contributed by atoms with Gasteiger partial charge in [-0.05, 0) is 42.8 Å². The summed E-state index contributed by atoms with van der Waals surface area (Å²) in [6.45, 7) is 3.63. The van der Waals surface area contributed by atoms with E-state index in [4.69, 9.17) is 14.2 Å². The zero-order chi connectivity index (χ0) is 31.2. The van der Waals surface area contributed by atoms with Crippen LogP contribution in [0.1, 0.15) is 28.8 Å². The fourth-order valence-electron chi connectivity index (χ4n) is 5.60. The van der Waals surface area contributed by atoms with Gasteiger partial charge < -0.3 is 24.1 Å². The summed E-state index contributed by atoms with van der Waals surface area (Å²) in [4.78, 5) is 58.0. The van der Waals surface area contributed by atoms with E-state index in [0.29, 0.717) is 53.3 Å². The third-order valence-corrected chi connectivity index (χ3v) is 10.00. The number of thiazole rings is 1. The van der Waals surface area contributed by atoms with Crippen molar-refractivity contribution in [1.82, 2.24) is 9.88 Å². The Balaban J connectivity index is 1.34. The molecule has 0 spiro atoms. The van der Waals surface area contributed by atoms with E-state index in [1.807, 2.05) is 0 Å². The standard InChI is InChI=1S/C29H26F3N3O7S2/c1-2-41-19-12-15(6-7-18(19)42-14-20(36)34-8-10-40-11-9-34)21-22-24(43-25-23(21)44-28(39)33-25)27(38)35(26(22)37)17-5-3-4-16(13-17)29(30,31)32/h3-7,12-13,21-22,24H,2,8-11,14H2,1H3,(H,33,39)/t21-,22?,24?/m1/s1. The lowest BCUT2D eigenvalue weighted by atomic mass is 9.83. The Morgan fingerprint density at radius 1 is 1.05 bits per heavy atom. The molecule has 3 aliphatic heterocycles. The second kappa shape index (κ2) is 11.9. The molecule has 2 fully saturated rings. The number of hydrogen-bond acceptors (Lipinski definition) is 9. The Bertz CT molecular complexity index is 1670. The minimum Gasteiger partial charge on any atom is -0.490 e. The summed E-state index contributed by atoms with van der Waals surface area (Å²) in [6.07, 6.45) is -4.66. The molecule has 3 aromatic rings. The minimum atomic E-state index is -4.66. The Hall–Kier alpha value is -3.82. The van der Waals surface area contributed by atoms with Crippen LogP contribution in [0.25, 0.3) is 0 Å². The molecule has 1 N–H and O–H groups in total.